The molecule has 44 valence electrons. The van der Waals surface area contributed by atoms with Gasteiger partial charge in [-0.05, 0) is 0 Å². The summed E-state index contributed by atoms with van der Waals surface area (Å²) in [7, 11) is 0. The lowest BCUT2D eigenvalue weighted by atomic mass is 10.4. The molecular weight excluding hydrogens is 118 g/mol. The summed E-state index contributed by atoms with van der Waals surface area (Å²) in [6.45, 7) is 0. The standard InChI is InChI=1S/C6H6.H3NS/c1-2-4-6-5-3-1;1-2/h1-6H;2H,1H2. The second-order valence-electron chi connectivity index (χ2n) is 1.15. The van der Waals surface area contributed by atoms with E-state index in [0.717, 1.165) is 0 Å². The Hall–Kier alpha value is -0.470. The Morgan fingerprint density at radius 3 is 0.875 bits per heavy atom. The van der Waals surface area contributed by atoms with Crippen molar-refractivity contribution in [2.24, 2.45) is 5.14 Å². The van der Waals surface area contributed by atoms with Gasteiger partial charge in [0.2, 0.25) is 0 Å². The van der Waals surface area contributed by atoms with E-state index < -0.39 is 0 Å². The SMILES string of the molecule is NS.c1ccccc1. The van der Waals surface area contributed by atoms with Gasteiger partial charge in [0.1, 0.15) is 0 Å². The van der Waals surface area contributed by atoms with Gasteiger partial charge in [0, 0.05) is 0 Å². The van der Waals surface area contributed by atoms with Crippen LogP contribution in [0, 0.1) is 0 Å². The van der Waals surface area contributed by atoms with Crippen molar-refractivity contribution in [1.82, 2.24) is 0 Å². The second kappa shape index (κ2) is 6.53. The van der Waals surface area contributed by atoms with Gasteiger partial charge in [-0.3, -0.25) is 5.14 Å². The van der Waals surface area contributed by atoms with Crippen LogP contribution in [0.5, 0.6) is 0 Å². The monoisotopic (exact) mass is 127 g/mol. The third-order valence-electron chi connectivity index (χ3n) is 0.667. The Balaban J connectivity index is 0.000000222. The second-order valence-corrected chi connectivity index (χ2v) is 1.15. The minimum Gasteiger partial charge on any atom is -0.281 e. The van der Waals surface area contributed by atoms with Crippen molar-refractivity contribution in [3.63, 3.8) is 0 Å². The van der Waals surface area contributed by atoms with E-state index in [-0.39, 0.29) is 0 Å². The summed E-state index contributed by atoms with van der Waals surface area (Å²) in [5.74, 6) is 0. The van der Waals surface area contributed by atoms with Crippen molar-refractivity contribution in [3.8, 4) is 0 Å². The fraction of sp³-hybridized carbons (Fsp3) is 0. The molecule has 0 unspecified atom stereocenters. The van der Waals surface area contributed by atoms with Gasteiger partial charge >= 0.3 is 0 Å². The van der Waals surface area contributed by atoms with E-state index in [1.165, 1.54) is 0 Å². The summed E-state index contributed by atoms with van der Waals surface area (Å²) in [5, 5.41) is 4.19. The summed E-state index contributed by atoms with van der Waals surface area (Å²) in [6, 6.07) is 12.0. The molecule has 0 saturated carbocycles. The summed E-state index contributed by atoms with van der Waals surface area (Å²) in [4.78, 5) is 0. The lowest BCUT2D eigenvalue weighted by Crippen LogP contribution is -1.49. The number of rotatable bonds is 0. The summed E-state index contributed by atoms with van der Waals surface area (Å²) < 4.78 is 0. The molecule has 1 nitrogen and oxygen atoms in total. The molecule has 0 atom stereocenters. The number of hydrogen-bond acceptors (Lipinski definition) is 2. The molecule has 2 N–H and O–H groups in total. The topological polar surface area (TPSA) is 26.0 Å². The van der Waals surface area contributed by atoms with E-state index in [2.05, 4.69) is 18.0 Å². The van der Waals surface area contributed by atoms with E-state index in [9.17, 15) is 0 Å². The first-order valence-corrected chi connectivity index (χ1v) is 2.77. The van der Waals surface area contributed by atoms with E-state index >= 15 is 0 Å². The van der Waals surface area contributed by atoms with Crippen molar-refractivity contribution < 1.29 is 0 Å². The zero-order valence-electron chi connectivity index (χ0n) is 4.49. The quantitative estimate of drug-likeness (QED) is 0.507. The molecule has 0 aliphatic heterocycles. The van der Waals surface area contributed by atoms with Crippen molar-refractivity contribution >= 4 is 12.8 Å². The van der Waals surface area contributed by atoms with Crippen molar-refractivity contribution in [2.75, 3.05) is 0 Å². The Morgan fingerprint density at radius 2 is 0.750 bits per heavy atom. The molecule has 8 heavy (non-hydrogen) atoms. The molecule has 0 aliphatic carbocycles. The van der Waals surface area contributed by atoms with Crippen LogP contribution in [0.3, 0.4) is 0 Å². The summed E-state index contributed by atoms with van der Waals surface area (Å²) in [6.07, 6.45) is 0. The average molecular weight is 127 g/mol. The molecule has 0 fully saturated rings. The lowest BCUT2D eigenvalue weighted by molar-refractivity contribution is 1.72. The normalized spacial score (nSPS) is 6.75. The van der Waals surface area contributed by atoms with Crippen LogP contribution < -0.4 is 5.14 Å². The number of nitrogens with two attached hydrogens (primary N) is 1. The molecule has 0 bridgehead atoms. The van der Waals surface area contributed by atoms with Crippen LogP contribution >= 0.6 is 12.8 Å². The fourth-order valence-electron chi connectivity index (χ4n) is 0.385. The first kappa shape index (κ1) is 7.53. The maximum Gasteiger partial charge on any atom is -0.0623 e. The average Bonchev–Trinajstić information content (AvgIpc) is 1.96. The van der Waals surface area contributed by atoms with Crippen LogP contribution in [0.2, 0.25) is 0 Å². The van der Waals surface area contributed by atoms with E-state index in [1.807, 2.05) is 36.4 Å². The van der Waals surface area contributed by atoms with Gasteiger partial charge in [-0.2, -0.15) is 0 Å². The van der Waals surface area contributed by atoms with Crippen LogP contribution in [0.1, 0.15) is 0 Å². The highest BCUT2D eigenvalue weighted by Gasteiger charge is 1.57. The summed E-state index contributed by atoms with van der Waals surface area (Å²) >= 11 is 3.03. The van der Waals surface area contributed by atoms with Gasteiger partial charge in [0.15, 0.2) is 0 Å². The number of thiol groups is 1. The highest BCUT2D eigenvalue weighted by atomic mass is 32.1. The largest absolute Gasteiger partial charge is 0.281 e. The van der Waals surface area contributed by atoms with Crippen LogP contribution in [-0.4, -0.2) is 0 Å². The maximum absolute atomic E-state index is 4.19. The third-order valence-corrected chi connectivity index (χ3v) is 0.667. The minimum atomic E-state index is 2.00. The molecule has 0 amide bonds. The number of hydrogen-bond donors (Lipinski definition) is 2. The minimum absolute atomic E-state index is 2.00. The van der Waals surface area contributed by atoms with E-state index in [4.69, 9.17) is 0 Å². The predicted molar refractivity (Wildman–Crippen MR) is 39.6 cm³/mol. The molecule has 0 spiro atoms. The zero-order valence-corrected chi connectivity index (χ0v) is 5.38. The molecule has 0 saturated heterocycles. The first-order valence-electron chi connectivity index (χ1n) is 2.26. The Bertz CT molecular complexity index is 80.5. The lowest BCUT2D eigenvalue weighted by Gasteiger charge is -1.69. The molecule has 1 aromatic carbocycles. The first-order chi connectivity index (χ1) is 4.00. The highest BCUT2D eigenvalue weighted by Crippen LogP contribution is 1.79. The molecular formula is C6H9NS. The highest BCUT2D eigenvalue weighted by molar-refractivity contribution is 7.77. The smallest absolute Gasteiger partial charge is 0.0623 e. The molecule has 2 heteroatoms. The maximum atomic E-state index is 4.19. The van der Waals surface area contributed by atoms with Gasteiger partial charge in [-0.1, -0.05) is 36.4 Å². The molecule has 0 heterocycles. The van der Waals surface area contributed by atoms with E-state index in [0.29, 0.717) is 0 Å². The van der Waals surface area contributed by atoms with Gasteiger partial charge in [0.05, 0.1) is 0 Å². The van der Waals surface area contributed by atoms with Gasteiger partial charge < -0.3 is 0 Å². The van der Waals surface area contributed by atoms with Gasteiger partial charge in [-0.25, -0.2) is 0 Å². The van der Waals surface area contributed by atoms with Crippen LogP contribution in [0.4, 0.5) is 0 Å². The Morgan fingerprint density at radius 1 is 0.625 bits per heavy atom. The van der Waals surface area contributed by atoms with Crippen molar-refractivity contribution in [3.05, 3.63) is 36.4 Å². The molecule has 0 radical (unpaired) electrons. The van der Waals surface area contributed by atoms with Crippen LogP contribution in [0.25, 0.3) is 0 Å². The van der Waals surface area contributed by atoms with Crippen molar-refractivity contribution in [1.29, 1.82) is 0 Å². The molecule has 1 aromatic rings. The molecule has 0 aromatic heterocycles. The Kier molecular flexibility index (Phi) is 6.15. The van der Waals surface area contributed by atoms with Crippen LogP contribution in [-0.2, 0) is 0 Å². The molecule has 1 rings (SSSR count). The Labute approximate surface area is 55.1 Å². The molecule has 0 aliphatic rings. The number of benzene rings is 1. The third kappa shape index (κ3) is 3.71. The van der Waals surface area contributed by atoms with Gasteiger partial charge in [-0.15, -0.1) is 12.8 Å². The van der Waals surface area contributed by atoms with Gasteiger partial charge in [0.25, 0.3) is 0 Å². The van der Waals surface area contributed by atoms with E-state index in [1.54, 1.807) is 0 Å². The van der Waals surface area contributed by atoms with Crippen molar-refractivity contribution in [2.45, 2.75) is 0 Å². The fourth-order valence-corrected chi connectivity index (χ4v) is 0.385. The summed E-state index contributed by atoms with van der Waals surface area (Å²) in [5.41, 5.74) is 0. The zero-order chi connectivity index (χ0) is 6.24. The predicted octanol–water partition coefficient (Wildman–Crippen LogP) is 1.48. The van der Waals surface area contributed by atoms with Crippen LogP contribution in [0.15, 0.2) is 36.4 Å².